The van der Waals surface area contributed by atoms with Crippen molar-refractivity contribution in [1.29, 1.82) is 0 Å². The van der Waals surface area contributed by atoms with E-state index in [1.807, 2.05) is 50.2 Å². The molecule has 2 atom stereocenters. The molecule has 0 fully saturated rings. The first kappa shape index (κ1) is 23.2. The van der Waals surface area contributed by atoms with Gasteiger partial charge in [-0.3, -0.25) is 14.9 Å². The molecule has 2 aromatic carbocycles. The Hall–Kier alpha value is -2.08. The monoisotopic (exact) mass is 437 g/mol. The van der Waals surface area contributed by atoms with Crippen LogP contribution in [0.25, 0.3) is 0 Å². The second-order valence-corrected chi connectivity index (χ2v) is 8.43. The molecule has 0 aliphatic rings. The van der Waals surface area contributed by atoms with Crippen molar-refractivity contribution in [1.82, 2.24) is 5.32 Å². The molecule has 0 bridgehead atoms. The van der Waals surface area contributed by atoms with Gasteiger partial charge in [0, 0.05) is 10.0 Å². The molecule has 0 unspecified atom stereocenters. The van der Waals surface area contributed by atoms with Crippen LogP contribution in [0.2, 0.25) is 10.0 Å². The van der Waals surface area contributed by atoms with Crippen LogP contribution in [0.1, 0.15) is 37.0 Å². The van der Waals surface area contributed by atoms with Gasteiger partial charge in [0.15, 0.2) is 0 Å². The Balaban J connectivity index is 2.06. The van der Waals surface area contributed by atoms with Gasteiger partial charge in [-0.1, -0.05) is 61.3 Å². The van der Waals surface area contributed by atoms with Gasteiger partial charge in [0.25, 0.3) is 0 Å². The van der Waals surface area contributed by atoms with Gasteiger partial charge in [0.2, 0.25) is 0 Å². The van der Waals surface area contributed by atoms with Crippen LogP contribution in [0, 0.1) is 5.92 Å². The zero-order valence-corrected chi connectivity index (χ0v) is 17.9. The lowest BCUT2D eigenvalue weighted by molar-refractivity contribution is -0.142. The Morgan fingerprint density at radius 3 is 1.86 bits per heavy atom. The molecular weight excluding hydrogens is 413 g/mol. The summed E-state index contributed by atoms with van der Waals surface area (Å²) in [6.07, 6.45) is 1.21. The molecule has 0 aliphatic carbocycles. The molecule has 156 valence electrons. The molecule has 7 heteroatoms. The molecule has 0 saturated heterocycles. The van der Waals surface area contributed by atoms with Crippen LogP contribution in [0.15, 0.2) is 42.5 Å². The number of halogens is 2. The quantitative estimate of drug-likeness (QED) is 0.502. The first-order valence-electron chi connectivity index (χ1n) is 9.38. The molecule has 3 N–H and O–H groups in total. The van der Waals surface area contributed by atoms with Crippen molar-refractivity contribution in [3.8, 4) is 0 Å². The first-order valence-corrected chi connectivity index (χ1v) is 10.1. The molecular formula is C22H25Cl2NO4. The highest BCUT2D eigenvalue weighted by Gasteiger charge is 2.26. The zero-order chi connectivity index (χ0) is 21.6. The number of carboxylic acids is 2. The molecule has 2 aromatic rings. The fourth-order valence-electron chi connectivity index (χ4n) is 3.15. The third-order valence-electron chi connectivity index (χ3n) is 4.50. The van der Waals surface area contributed by atoms with Crippen molar-refractivity contribution in [3.05, 3.63) is 69.2 Å². The molecule has 0 spiro atoms. The van der Waals surface area contributed by atoms with E-state index in [-0.39, 0.29) is 12.3 Å². The predicted molar refractivity (Wildman–Crippen MR) is 115 cm³/mol. The van der Waals surface area contributed by atoms with E-state index in [4.69, 9.17) is 23.2 Å². The van der Waals surface area contributed by atoms with Crippen molar-refractivity contribution >= 4 is 35.1 Å². The SMILES string of the molecule is CC(C)C[C@H](N[C@@H](Cc1ccc(Cc2cc(Cl)cc(Cl)c2)cc1)C(=O)O)C(=O)O. The fourth-order valence-corrected chi connectivity index (χ4v) is 3.72. The summed E-state index contributed by atoms with van der Waals surface area (Å²) >= 11 is 12.1. The maximum atomic E-state index is 11.6. The van der Waals surface area contributed by atoms with E-state index in [1.54, 1.807) is 6.07 Å². The summed E-state index contributed by atoms with van der Waals surface area (Å²) in [7, 11) is 0. The smallest absolute Gasteiger partial charge is 0.321 e. The molecule has 0 amide bonds. The summed E-state index contributed by atoms with van der Waals surface area (Å²) in [6.45, 7) is 3.80. The molecule has 0 saturated carbocycles. The number of rotatable bonds is 10. The Morgan fingerprint density at radius 1 is 0.862 bits per heavy atom. The minimum absolute atomic E-state index is 0.136. The first-order chi connectivity index (χ1) is 13.6. The normalized spacial score (nSPS) is 13.3. The van der Waals surface area contributed by atoms with Crippen molar-refractivity contribution in [2.75, 3.05) is 0 Å². The summed E-state index contributed by atoms with van der Waals surface area (Å²) in [4.78, 5) is 23.1. The van der Waals surface area contributed by atoms with E-state index >= 15 is 0 Å². The van der Waals surface area contributed by atoms with E-state index in [0.29, 0.717) is 22.9 Å². The number of carbonyl (C=O) groups is 2. The lowest BCUT2D eigenvalue weighted by atomic mass is 9.99. The molecule has 0 heterocycles. The molecule has 2 rings (SSSR count). The predicted octanol–water partition coefficient (Wildman–Crippen LogP) is 4.67. The number of hydrogen-bond donors (Lipinski definition) is 3. The maximum Gasteiger partial charge on any atom is 0.321 e. The van der Waals surface area contributed by atoms with Gasteiger partial charge in [-0.25, -0.2) is 0 Å². The molecule has 0 aromatic heterocycles. The highest BCUT2D eigenvalue weighted by molar-refractivity contribution is 6.34. The van der Waals surface area contributed by atoms with Crippen LogP contribution < -0.4 is 5.32 Å². The average Bonchev–Trinajstić information content (AvgIpc) is 2.60. The molecule has 5 nitrogen and oxygen atoms in total. The minimum atomic E-state index is -1.07. The van der Waals surface area contributed by atoms with E-state index < -0.39 is 24.0 Å². The topological polar surface area (TPSA) is 86.6 Å². The van der Waals surface area contributed by atoms with Crippen LogP contribution in [0.5, 0.6) is 0 Å². The number of benzene rings is 2. The largest absolute Gasteiger partial charge is 0.480 e. The van der Waals surface area contributed by atoms with Crippen molar-refractivity contribution in [2.24, 2.45) is 5.92 Å². The minimum Gasteiger partial charge on any atom is -0.480 e. The van der Waals surface area contributed by atoms with Gasteiger partial charge in [-0.15, -0.1) is 0 Å². The highest BCUT2D eigenvalue weighted by atomic mass is 35.5. The van der Waals surface area contributed by atoms with Crippen LogP contribution in [-0.4, -0.2) is 34.2 Å². The van der Waals surface area contributed by atoms with Crippen molar-refractivity contribution in [3.63, 3.8) is 0 Å². The molecule has 0 aliphatic heterocycles. The Bertz CT molecular complexity index is 832. The van der Waals surface area contributed by atoms with Crippen LogP contribution >= 0.6 is 23.2 Å². The molecule has 29 heavy (non-hydrogen) atoms. The van der Waals surface area contributed by atoms with Gasteiger partial charge in [0.1, 0.15) is 12.1 Å². The van der Waals surface area contributed by atoms with E-state index in [2.05, 4.69) is 5.32 Å². The van der Waals surface area contributed by atoms with E-state index in [0.717, 1.165) is 16.7 Å². The van der Waals surface area contributed by atoms with Gasteiger partial charge in [-0.05, 0) is 60.1 Å². The number of hydrogen-bond acceptors (Lipinski definition) is 3. The Labute approximate surface area is 180 Å². The summed E-state index contributed by atoms with van der Waals surface area (Å²) in [6, 6.07) is 11.1. The summed E-state index contributed by atoms with van der Waals surface area (Å²) in [5, 5.41) is 22.8. The third-order valence-corrected chi connectivity index (χ3v) is 4.94. The number of carboxylic acid groups (broad SMARTS) is 2. The van der Waals surface area contributed by atoms with Gasteiger partial charge < -0.3 is 10.2 Å². The maximum absolute atomic E-state index is 11.6. The second kappa shape index (κ2) is 10.6. The number of aliphatic carboxylic acids is 2. The third kappa shape index (κ3) is 7.69. The fraction of sp³-hybridized carbons (Fsp3) is 0.364. The van der Waals surface area contributed by atoms with Crippen molar-refractivity contribution in [2.45, 2.75) is 45.2 Å². The van der Waals surface area contributed by atoms with Crippen LogP contribution in [-0.2, 0) is 22.4 Å². The van der Waals surface area contributed by atoms with E-state index in [9.17, 15) is 19.8 Å². The summed E-state index contributed by atoms with van der Waals surface area (Å²) in [5.74, 6) is -1.98. The lowest BCUT2D eigenvalue weighted by Gasteiger charge is -2.22. The van der Waals surface area contributed by atoms with Gasteiger partial charge >= 0.3 is 11.9 Å². The lowest BCUT2D eigenvalue weighted by Crippen LogP contribution is -2.48. The second-order valence-electron chi connectivity index (χ2n) is 7.55. The van der Waals surface area contributed by atoms with Crippen LogP contribution in [0.3, 0.4) is 0 Å². The van der Waals surface area contributed by atoms with Gasteiger partial charge in [0.05, 0.1) is 0 Å². The Kier molecular flexibility index (Phi) is 8.50. The van der Waals surface area contributed by atoms with E-state index in [1.165, 1.54) is 0 Å². The standard InChI is InChI=1S/C22H25Cl2NO4/c1-13(2)7-19(21(26)27)25-20(22(28)29)11-15-5-3-14(4-6-15)8-16-9-17(23)12-18(24)10-16/h3-6,9-10,12-13,19-20,25H,7-8,11H2,1-2H3,(H,26,27)(H,28,29)/t19-,20-/m0/s1. The van der Waals surface area contributed by atoms with Crippen molar-refractivity contribution < 1.29 is 19.8 Å². The Morgan fingerprint density at radius 2 is 1.38 bits per heavy atom. The number of nitrogens with one attached hydrogen (secondary N) is 1. The van der Waals surface area contributed by atoms with Crippen LogP contribution in [0.4, 0.5) is 0 Å². The average molecular weight is 438 g/mol. The molecule has 0 radical (unpaired) electrons. The summed E-state index contributed by atoms with van der Waals surface area (Å²) < 4.78 is 0. The zero-order valence-electron chi connectivity index (χ0n) is 16.4. The highest BCUT2D eigenvalue weighted by Crippen LogP contribution is 2.21. The van der Waals surface area contributed by atoms with Gasteiger partial charge in [-0.2, -0.15) is 0 Å². The summed E-state index contributed by atoms with van der Waals surface area (Å²) in [5.41, 5.74) is 2.83.